The fraction of sp³-hybridized carbons (Fsp3) is 0.250. The summed E-state index contributed by atoms with van der Waals surface area (Å²) in [6, 6.07) is 6.81. The van der Waals surface area contributed by atoms with Crippen molar-refractivity contribution in [3.8, 4) is 11.5 Å². The van der Waals surface area contributed by atoms with Gasteiger partial charge in [0.15, 0.2) is 11.5 Å². The summed E-state index contributed by atoms with van der Waals surface area (Å²) in [5.74, 6) is -1.13. The standard InChI is InChI=1S/C20H20BrCl2N3O4/c1-10(2)17(25-19(28)14-5-4-13(22)8-15(14)23)20(29)26-24-9-11-6-12(21)7-16(30-3)18(11)27/h4-10,17,27H,1-3H3,(H,25,28)(H,26,29). The lowest BCUT2D eigenvalue weighted by atomic mass is 10.0. The summed E-state index contributed by atoms with van der Waals surface area (Å²) in [4.78, 5) is 25.1. The molecule has 0 aromatic heterocycles. The molecule has 1 atom stereocenters. The lowest BCUT2D eigenvalue weighted by Crippen LogP contribution is -2.48. The van der Waals surface area contributed by atoms with Gasteiger partial charge in [0.05, 0.1) is 23.9 Å². The molecule has 0 aliphatic heterocycles. The maximum atomic E-state index is 12.6. The Morgan fingerprint density at radius 2 is 1.93 bits per heavy atom. The first kappa shape index (κ1) is 24.0. The average molecular weight is 517 g/mol. The maximum absolute atomic E-state index is 12.6. The largest absolute Gasteiger partial charge is 0.504 e. The monoisotopic (exact) mass is 515 g/mol. The number of halogens is 3. The zero-order valence-corrected chi connectivity index (χ0v) is 19.5. The number of rotatable bonds is 7. The third kappa shape index (κ3) is 6.10. The van der Waals surface area contributed by atoms with Crippen LogP contribution in [0.2, 0.25) is 10.0 Å². The Balaban J connectivity index is 2.12. The van der Waals surface area contributed by atoms with Crippen molar-refractivity contribution in [2.45, 2.75) is 19.9 Å². The van der Waals surface area contributed by atoms with Crippen LogP contribution in [0.15, 0.2) is 39.9 Å². The summed E-state index contributed by atoms with van der Waals surface area (Å²) in [6.45, 7) is 3.56. The van der Waals surface area contributed by atoms with Crippen LogP contribution < -0.4 is 15.5 Å². The summed E-state index contributed by atoms with van der Waals surface area (Å²) in [6.07, 6.45) is 1.27. The van der Waals surface area contributed by atoms with Gasteiger partial charge in [-0.1, -0.05) is 53.0 Å². The molecule has 2 rings (SSSR count). The molecule has 0 radical (unpaired) electrons. The highest BCUT2D eigenvalue weighted by atomic mass is 79.9. The number of hydrazone groups is 1. The Morgan fingerprint density at radius 3 is 2.53 bits per heavy atom. The lowest BCUT2D eigenvalue weighted by molar-refractivity contribution is -0.123. The molecule has 1 unspecified atom stereocenters. The third-order valence-corrected chi connectivity index (χ3v) is 5.08. The molecule has 0 saturated heterocycles. The van der Waals surface area contributed by atoms with E-state index in [0.29, 0.717) is 15.1 Å². The van der Waals surface area contributed by atoms with Crippen molar-refractivity contribution in [3.63, 3.8) is 0 Å². The van der Waals surface area contributed by atoms with Gasteiger partial charge in [0.1, 0.15) is 6.04 Å². The van der Waals surface area contributed by atoms with E-state index in [1.54, 1.807) is 26.0 Å². The zero-order chi connectivity index (χ0) is 22.4. The van der Waals surface area contributed by atoms with Gasteiger partial charge in [-0.2, -0.15) is 5.10 Å². The number of aromatic hydroxyl groups is 1. The minimum absolute atomic E-state index is 0.121. The highest BCUT2D eigenvalue weighted by Crippen LogP contribution is 2.32. The van der Waals surface area contributed by atoms with Gasteiger partial charge in [-0.3, -0.25) is 9.59 Å². The number of hydrogen-bond donors (Lipinski definition) is 3. The second-order valence-electron chi connectivity index (χ2n) is 6.60. The molecule has 2 aromatic rings. The normalized spacial score (nSPS) is 12.1. The predicted molar refractivity (Wildman–Crippen MR) is 121 cm³/mol. The van der Waals surface area contributed by atoms with Crippen LogP contribution in [0.4, 0.5) is 0 Å². The van der Waals surface area contributed by atoms with Crippen molar-refractivity contribution in [2.75, 3.05) is 7.11 Å². The average Bonchev–Trinajstić information content (AvgIpc) is 2.67. The second-order valence-corrected chi connectivity index (χ2v) is 8.36. The van der Waals surface area contributed by atoms with Gasteiger partial charge in [0.2, 0.25) is 0 Å². The van der Waals surface area contributed by atoms with Gasteiger partial charge in [0, 0.05) is 15.1 Å². The molecule has 0 spiro atoms. The van der Waals surface area contributed by atoms with E-state index in [0.717, 1.165) is 0 Å². The number of nitrogens with zero attached hydrogens (tertiary/aromatic N) is 1. The summed E-state index contributed by atoms with van der Waals surface area (Å²) < 4.78 is 5.73. The second kappa shape index (κ2) is 10.7. The van der Waals surface area contributed by atoms with E-state index in [1.807, 2.05) is 0 Å². The molecule has 160 valence electrons. The Morgan fingerprint density at radius 1 is 1.23 bits per heavy atom. The van der Waals surface area contributed by atoms with Gasteiger partial charge in [-0.05, 0) is 36.2 Å². The summed E-state index contributed by atoms with van der Waals surface area (Å²) in [5, 5.41) is 17.2. The SMILES string of the molecule is COc1cc(Br)cc(C=NNC(=O)C(NC(=O)c2ccc(Cl)cc2Cl)C(C)C)c1O. The van der Waals surface area contributed by atoms with Crippen molar-refractivity contribution in [1.29, 1.82) is 0 Å². The summed E-state index contributed by atoms with van der Waals surface area (Å²) in [7, 11) is 1.42. The van der Waals surface area contributed by atoms with Crippen molar-refractivity contribution in [3.05, 3.63) is 56.0 Å². The fourth-order valence-electron chi connectivity index (χ4n) is 2.51. The Labute approximate surface area is 192 Å². The molecule has 0 heterocycles. The summed E-state index contributed by atoms with van der Waals surface area (Å²) >= 11 is 15.2. The molecular formula is C20H20BrCl2N3O4. The van der Waals surface area contributed by atoms with Crippen LogP contribution in [0.3, 0.4) is 0 Å². The summed E-state index contributed by atoms with van der Waals surface area (Å²) in [5.41, 5.74) is 2.91. The van der Waals surface area contributed by atoms with Crippen molar-refractivity contribution in [2.24, 2.45) is 11.0 Å². The molecule has 0 aliphatic carbocycles. The Hall–Kier alpha value is -2.29. The molecule has 2 aromatic carbocycles. The minimum atomic E-state index is -0.868. The Kier molecular flexibility index (Phi) is 8.52. The lowest BCUT2D eigenvalue weighted by Gasteiger charge is -2.20. The number of phenolic OH excluding ortho intramolecular Hbond substituents is 1. The van der Waals surface area contributed by atoms with Gasteiger partial charge < -0.3 is 15.2 Å². The predicted octanol–water partition coefficient (Wildman–Crippen LogP) is 4.37. The molecule has 3 N–H and O–H groups in total. The van der Waals surface area contributed by atoms with Crippen LogP contribution in [0.1, 0.15) is 29.8 Å². The van der Waals surface area contributed by atoms with Crippen molar-refractivity contribution >= 4 is 57.2 Å². The van der Waals surface area contributed by atoms with Crippen LogP contribution in [0, 0.1) is 5.92 Å². The number of amides is 2. The number of carbonyl (C=O) groups excluding carboxylic acids is 2. The third-order valence-electron chi connectivity index (χ3n) is 4.08. The number of benzene rings is 2. The molecule has 7 nitrogen and oxygen atoms in total. The van der Waals surface area contributed by atoms with Gasteiger partial charge >= 0.3 is 0 Å². The maximum Gasteiger partial charge on any atom is 0.262 e. The van der Waals surface area contributed by atoms with E-state index in [1.165, 1.54) is 31.5 Å². The van der Waals surface area contributed by atoms with E-state index in [2.05, 4.69) is 31.8 Å². The smallest absolute Gasteiger partial charge is 0.262 e. The van der Waals surface area contributed by atoms with E-state index in [9.17, 15) is 14.7 Å². The van der Waals surface area contributed by atoms with Crippen LogP contribution >= 0.6 is 39.1 Å². The molecule has 30 heavy (non-hydrogen) atoms. The van der Waals surface area contributed by atoms with E-state index in [-0.39, 0.29) is 28.0 Å². The first-order valence-corrected chi connectivity index (χ1v) is 10.3. The van der Waals surface area contributed by atoms with Crippen LogP contribution in [0.25, 0.3) is 0 Å². The quantitative estimate of drug-likeness (QED) is 0.375. The molecule has 2 amide bonds. The van der Waals surface area contributed by atoms with Crippen molar-refractivity contribution in [1.82, 2.24) is 10.7 Å². The highest BCUT2D eigenvalue weighted by molar-refractivity contribution is 9.10. The molecule has 10 heteroatoms. The van der Waals surface area contributed by atoms with Crippen LogP contribution in [-0.4, -0.2) is 36.3 Å². The fourth-order valence-corrected chi connectivity index (χ4v) is 3.46. The highest BCUT2D eigenvalue weighted by Gasteiger charge is 2.25. The molecule has 0 saturated carbocycles. The van der Waals surface area contributed by atoms with E-state index >= 15 is 0 Å². The molecule has 0 bridgehead atoms. The van der Waals surface area contributed by atoms with Crippen LogP contribution in [0.5, 0.6) is 11.5 Å². The first-order chi connectivity index (χ1) is 14.1. The van der Waals surface area contributed by atoms with Crippen molar-refractivity contribution < 1.29 is 19.4 Å². The van der Waals surface area contributed by atoms with Crippen LogP contribution in [-0.2, 0) is 4.79 Å². The number of phenols is 1. The zero-order valence-electron chi connectivity index (χ0n) is 16.4. The number of hydrogen-bond acceptors (Lipinski definition) is 5. The molecular weight excluding hydrogens is 497 g/mol. The topological polar surface area (TPSA) is 100 Å². The first-order valence-electron chi connectivity index (χ1n) is 8.79. The number of ether oxygens (including phenoxy) is 1. The number of carbonyl (C=O) groups is 2. The van der Waals surface area contributed by atoms with Gasteiger partial charge in [0.25, 0.3) is 11.8 Å². The number of methoxy groups -OCH3 is 1. The van der Waals surface area contributed by atoms with Gasteiger partial charge in [-0.25, -0.2) is 5.43 Å². The molecule has 0 aliphatic rings. The minimum Gasteiger partial charge on any atom is -0.504 e. The van der Waals surface area contributed by atoms with E-state index < -0.39 is 17.9 Å². The van der Waals surface area contributed by atoms with Gasteiger partial charge in [-0.15, -0.1) is 0 Å². The molecule has 0 fully saturated rings. The number of nitrogens with one attached hydrogen (secondary N) is 2. The van der Waals surface area contributed by atoms with E-state index in [4.69, 9.17) is 27.9 Å². The Bertz CT molecular complexity index is 983.